The van der Waals surface area contributed by atoms with Crippen LogP contribution in [-0.4, -0.2) is 16.8 Å². The van der Waals surface area contributed by atoms with Gasteiger partial charge in [-0.2, -0.15) is 5.10 Å². The Hall–Kier alpha value is -1.81. The zero-order valence-corrected chi connectivity index (χ0v) is 11.0. The Morgan fingerprint density at radius 2 is 1.94 bits per heavy atom. The van der Waals surface area contributed by atoms with E-state index < -0.39 is 0 Å². The summed E-state index contributed by atoms with van der Waals surface area (Å²) in [5.41, 5.74) is 9.17. The van der Waals surface area contributed by atoms with Crippen molar-refractivity contribution >= 4 is 5.69 Å². The highest BCUT2D eigenvalue weighted by Gasteiger charge is 2.04. The molecule has 2 N–H and O–H groups in total. The molecule has 0 aliphatic rings. The minimum atomic E-state index is 0.591. The predicted octanol–water partition coefficient (Wildman–Crippen LogP) is 2.00. The van der Waals surface area contributed by atoms with E-state index >= 15 is 0 Å². The second kappa shape index (κ2) is 5.69. The van der Waals surface area contributed by atoms with Crippen molar-refractivity contribution in [1.82, 2.24) is 9.78 Å². The molecule has 4 heteroatoms. The second-order valence-corrected chi connectivity index (χ2v) is 4.43. The van der Waals surface area contributed by atoms with Crippen molar-refractivity contribution in [3.05, 3.63) is 47.8 Å². The van der Waals surface area contributed by atoms with Crippen LogP contribution in [0.4, 0.5) is 5.69 Å². The SMILES string of the molecule is CCn1cc(CN(C)c2ccc(CN)cc2)cn1. The van der Waals surface area contributed by atoms with Crippen LogP contribution in [0, 0.1) is 0 Å². The van der Waals surface area contributed by atoms with Gasteiger partial charge >= 0.3 is 0 Å². The molecule has 0 unspecified atom stereocenters. The lowest BCUT2D eigenvalue weighted by molar-refractivity contribution is 0.659. The van der Waals surface area contributed by atoms with Gasteiger partial charge in [-0.25, -0.2) is 0 Å². The van der Waals surface area contributed by atoms with Gasteiger partial charge in [-0.15, -0.1) is 0 Å². The minimum Gasteiger partial charge on any atom is -0.370 e. The van der Waals surface area contributed by atoms with Gasteiger partial charge in [-0.05, 0) is 24.6 Å². The molecular formula is C14H20N4. The molecule has 0 radical (unpaired) electrons. The van der Waals surface area contributed by atoms with Crippen LogP contribution in [0.3, 0.4) is 0 Å². The summed E-state index contributed by atoms with van der Waals surface area (Å²) in [6.07, 6.45) is 4.01. The molecule has 0 amide bonds. The molecule has 0 bridgehead atoms. The van der Waals surface area contributed by atoms with E-state index in [9.17, 15) is 0 Å². The first-order valence-electron chi connectivity index (χ1n) is 6.24. The minimum absolute atomic E-state index is 0.591. The molecule has 2 aromatic rings. The molecule has 0 saturated carbocycles. The number of hydrogen-bond donors (Lipinski definition) is 1. The van der Waals surface area contributed by atoms with E-state index in [1.54, 1.807) is 0 Å². The van der Waals surface area contributed by atoms with Crippen LogP contribution < -0.4 is 10.6 Å². The van der Waals surface area contributed by atoms with E-state index in [0.717, 1.165) is 18.7 Å². The van der Waals surface area contributed by atoms with E-state index in [4.69, 9.17) is 5.73 Å². The Morgan fingerprint density at radius 3 is 2.50 bits per heavy atom. The van der Waals surface area contributed by atoms with Crippen molar-refractivity contribution in [2.24, 2.45) is 5.73 Å². The van der Waals surface area contributed by atoms with E-state index in [1.807, 2.05) is 10.9 Å². The summed E-state index contributed by atoms with van der Waals surface area (Å²) in [5, 5.41) is 4.28. The molecule has 1 heterocycles. The number of rotatable bonds is 5. The summed E-state index contributed by atoms with van der Waals surface area (Å²) in [6, 6.07) is 8.35. The fourth-order valence-electron chi connectivity index (χ4n) is 1.91. The third-order valence-electron chi connectivity index (χ3n) is 3.04. The molecule has 18 heavy (non-hydrogen) atoms. The Labute approximate surface area is 108 Å². The molecular weight excluding hydrogens is 224 g/mol. The van der Waals surface area contributed by atoms with Gasteiger partial charge in [-0.3, -0.25) is 4.68 Å². The lowest BCUT2D eigenvalue weighted by Gasteiger charge is -2.18. The van der Waals surface area contributed by atoms with Crippen molar-refractivity contribution in [3.63, 3.8) is 0 Å². The number of nitrogens with zero attached hydrogens (tertiary/aromatic N) is 3. The average molecular weight is 244 g/mol. The van der Waals surface area contributed by atoms with Crippen molar-refractivity contribution in [1.29, 1.82) is 0 Å². The maximum atomic E-state index is 5.59. The Kier molecular flexibility index (Phi) is 3.99. The summed E-state index contributed by atoms with van der Waals surface area (Å²) in [5.74, 6) is 0. The fourth-order valence-corrected chi connectivity index (χ4v) is 1.91. The van der Waals surface area contributed by atoms with Crippen LogP contribution in [0.2, 0.25) is 0 Å². The lowest BCUT2D eigenvalue weighted by atomic mass is 10.2. The van der Waals surface area contributed by atoms with Crippen molar-refractivity contribution in [3.8, 4) is 0 Å². The van der Waals surface area contributed by atoms with Crippen LogP contribution in [0.25, 0.3) is 0 Å². The number of anilines is 1. The van der Waals surface area contributed by atoms with E-state index in [-0.39, 0.29) is 0 Å². The largest absolute Gasteiger partial charge is 0.370 e. The Bertz CT molecular complexity index is 487. The molecule has 96 valence electrons. The molecule has 0 fully saturated rings. The van der Waals surface area contributed by atoms with Crippen LogP contribution in [-0.2, 0) is 19.6 Å². The van der Waals surface area contributed by atoms with Crippen LogP contribution >= 0.6 is 0 Å². The first-order chi connectivity index (χ1) is 8.72. The quantitative estimate of drug-likeness (QED) is 0.875. The van der Waals surface area contributed by atoms with E-state index in [1.165, 1.54) is 11.3 Å². The summed E-state index contributed by atoms with van der Waals surface area (Å²) >= 11 is 0. The highest BCUT2D eigenvalue weighted by molar-refractivity contribution is 5.47. The summed E-state index contributed by atoms with van der Waals surface area (Å²) in [6.45, 7) is 4.45. The molecule has 4 nitrogen and oxygen atoms in total. The normalized spacial score (nSPS) is 10.6. The van der Waals surface area contributed by atoms with Gasteiger partial charge < -0.3 is 10.6 Å². The van der Waals surface area contributed by atoms with Gasteiger partial charge in [0.1, 0.15) is 0 Å². The number of aromatic nitrogens is 2. The topological polar surface area (TPSA) is 47.1 Å². The van der Waals surface area contributed by atoms with Gasteiger partial charge in [0.25, 0.3) is 0 Å². The van der Waals surface area contributed by atoms with Crippen molar-refractivity contribution in [2.45, 2.75) is 26.6 Å². The lowest BCUT2D eigenvalue weighted by Crippen LogP contribution is -2.16. The number of benzene rings is 1. The standard InChI is InChI=1S/C14H20N4/c1-3-18-11-13(9-16-18)10-17(2)14-6-4-12(8-15)5-7-14/h4-7,9,11H,3,8,10,15H2,1-2H3. The van der Waals surface area contributed by atoms with Gasteiger partial charge in [0.2, 0.25) is 0 Å². The third-order valence-corrected chi connectivity index (χ3v) is 3.04. The maximum Gasteiger partial charge on any atom is 0.0539 e. The van der Waals surface area contributed by atoms with Gasteiger partial charge in [0.15, 0.2) is 0 Å². The Balaban J connectivity index is 2.03. The van der Waals surface area contributed by atoms with E-state index in [2.05, 4.69) is 54.4 Å². The smallest absolute Gasteiger partial charge is 0.0539 e. The summed E-state index contributed by atoms with van der Waals surface area (Å²) < 4.78 is 1.95. The molecule has 2 rings (SSSR count). The Morgan fingerprint density at radius 1 is 1.22 bits per heavy atom. The number of hydrogen-bond acceptors (Lipinski definition) is 3. The maximum absolute atomic E-state index is 5.59. The predicted molar refractivity (Wildman–Crippen MR) is 74.3 cm³/mol. The van der Waals surface area contributed by atoms with Gasteiger partial charge in [-0.1, -0.05) is 12.1 Å². The molecule has 0 atom stereocenters. The molecule has 0 spiro atoms. The monoisotopic (exact) mass is 244 g/mol. The van der Waals surface area contributed by atoms with Gasteiger partial charge in [0.05, 0.1) is 6.20 Å². The molecule has 0 aliphatic carbocycles. The molecule has 1 aromatic heterocycles. The average Bonchev–Trinajstić information content (AvgIpc) is 2.86. The number of nitrogens with two attached hydrogens (primary N) is 1. The van der Waals surface area contributed by atoms with E-state index in [0.29, 0.717) is 6.54 Å². The molecule has 0 saturated heterocycles. The van der Waals surface area contributed by atoms with Crippen LogP contribution in [0.5, 0.6) is 0 Å². The van der Waals surface area contributed by atoms with Crippen LogP contribution in [0.1, 0.15) is 18.1 Å². The first kappa shape index (κ1) is 12.6. The second-order valence-electron chi connectivity index (χ2n) is 4.43. The molecule has 0 aliphatic heterocycles. The summed E-state index contributed by atoms with van der Waals surface area (Å²) in [4.78, 5) is 2.21. The first-order valence-corrected chi connectivity index (χ1v) is 6.24. The number of aryl methyl sites for hydroxylation is 1. The fraction of sp³-hybridized carbons (Fsp3) is 0.357. The third kappa shape index (κ3) is 2.90. The zero-order valence-electron chi connectivity index (χ0n) is 11.0. The van der Waals surface area contributed by atoms with Gasteiger partial charge in [0, 0.05) is 44.1 Å². The highest BCUT2D eigenvalue weighted by Crippen LogP contribution is 2.16. The van der Waals surface area contributed by atoms with Crippen LogP contribution in [0.15, 0.2) is 36.7 Å². The zero-order chi connectivity index (χ0) is 13.0. The van der Waals surface area contributed by atoms with Crippen molar-refractivity contribution < 1.29 is 0 Å². The molecule has 1 aromatic carbocycles. The van der Waals surface area contributed by atoms with Crippen molar-refractivity contribution in [2.75, 3.05) is 11.9 Å². The summed E-state index contributed by atoms with van der Waals surface area (Å²) in [7, 11) is 2.08. The highest BCUT2D eigenvalue weighted by atomic mass is 15.3.